The Morgan fingerprint density at radius 1 is 1.45 bits per heavy atom. The molecule has 4 heteroatoms. The lowest BCUT2D eigenvalue weighted by Crippen LogP contribution is -2.54. The van der Waals surface area contributed by atoms with E-state index in [4.69, 9.17) is 4.74 Å². The first-order valence-electron chi connectivity index (χ1n) is 7.84. The highest BCUT2D eigenvalue weighted by Crippen LogP contribution is 2.24. The fourth-order valence-corrected chi connectivity index (χ4v) is 3.46. The van der Waals surface area contributed by atoms with Crippen LogP contribution in [0.1, 0.15) is 25.3 Å². The van der Waals surface area contributed by atoms with Crippen LogP contribution in [0.15, 0.2) is 24.5 Å². The molecule has 3 rings (SSSR count). The zero-order valence-electron chi connectivity index (χ0n) is 12.3. The lowest BCUT2D eigenvalue weighted by atomic mass is 10.00. The fraction of sp³-hybridized carbons (Fsp3) is 0.688. The highest BCUT2D eigenvalue weighted by molar-refractivity contribution is 5.12. The molecule has 2 aliphatic heterocycles. The van der Waals surface area contributed by atoms with Gasteiger partial charge >= 0.3 is 0 Å². The molecule has 0 radical (unpaired) electrons. The van der Waals surface area contributed by atoms with Crippen molar-refractivity contribution in [2.24, 2.45) is 0 Å². The molecule has 3 unspecified atom stereocenters. The van der Waals surface area contributed by atoms with Crippen LogP contribution in [0, 0.1) is 0 Å². The molecule has 1 aromatic rings. The SMILES string of the molecule is CCNC(Cc1ccncc1)C1CN2CCCC2CO1. The molecule has 0 saturated carbocycles. The number of nitrogens with one attached hydrogen (secondary N) is 1. The smallest absolute Gasteiger partial charge is 0.0858 e. The molecule has 3 heterocycles. The van der Waals surface area contributed by atoms with E-state index < -0.39 is 0 Å². The molecule has 0 amide bonds. The number of aromatic nitrogens is 1. The number of fused-ring (bicyclic) bond motifs is 1. The van der Waals surface area contributed by atoms with Crippen LogP contribution in [-0.4, -0.2) is 54.3 Å². The van der Waals surface area contributed by atoms with Gasteiger partial charge in [0.15, 0.2) is 0 Å². The number of ether oxygens (including phenoxy) is 1. The first-order chi connectivity index (χ1) is 9.86. The second-order valence-corrected chi connectivity index (χ2v) is 5.89. The third kappa shape index (κ3) is 3.19. The molecule has 0 aliphatic carbocycles. The van der Waals surface area contributed by atoms with Gasteiger partial charge in [-0.15, -0.1) is 0 Å². The van der Waals surface area contributed by atoms with Crippen molar-refractivity contribution >= 4 is 0 Å². The summed E-state index contributed by atoms with van der Waals surface area (Å²) in [5.74, 6) is 0. The minimum atomic E-state index is 0.303. The van der Waals surface area contributed by atoms with E-state index in [1.54, 1.807) is 0 Å². The fourth-order valence-electron chi connectivity index (χ4n) is 3.46. The molecule has 2 saturated heterocycles. The Kier molecular flexibility index (Phi) is 4.65. The first-order valence-corrected chi connectivity index (χ1v) is 7.84. The Hall–Kier alpha value is -0.970. The molecular formula is C16H25N3O. The summed E-state index contributed by atoms with van der Waals surface area (Å²) < 4.78 is 6.16. The lowest BCUT2D eigenvalue weighted by Gasteiger charge is -2.39. The van der Waals surface area contributed by atoms with Gasteiger partial charge in [-0.1, -0.05) is 6.92 Å². The third-order valence-electron chi connectivity index (χ3n) is 4.54. The quantitative estimate of drug-likeness (QED) is 0.883. The van der Waals surface area contributed by atoms with Crippen LogP contribution in [0.3, 0.4) is 0 Å². The molecule has 0 spiro atoms. The second-order valence-electron chi connectivity index (χ2n) is 5.89. The molecule has 1 N–H and O–H groups in total. The van der Waals surface area contributed by atoms with Crippen LogP contribution in [0.25, 0.3) is 0 Å². The molecule has 0 bridgehead atoms. The van der Waals surface area contributed by atoms with E-state index in [0.29, 0.717) is 18.2 Å². The number of nitrogens with zero attached hydrogens (tertiary/aromatic N) is 2. The number of pyridine rings is 1. The maximum Gasteiger partial charge on any atom is 0.0858 e. The van der Waals surface area contributed by atoms with E-state index in [-0.39, 0.29) is 0 Å². The minimum absolute atomic E-state index is 0.303. The van der Waals surface area contributed by atoms with E-state index in [9.17, 15) is 0 Å². The summed E-state index contributed by atoms with van der Waals surface area (Å²) in [4.78, 5) is 6.71. The van der Waals surface area contributed by atoms with E-state index >= 15 is 0 Å². The molecule has 0 aromatic carbocycles. The normalized spacial score (nSPS) is 28.2. The number of likely N-dealkylation sites (N-methyl/N-ethyl adjacent to an activating group) is 1. The molecular weight excluding hydrogens is 250 g/mol. The van der Waals surface area contributed by atoms with Gasteiger partial charge in [-0.2, -0.15) is 0 Å². The minimum Gasteiger partial charge on any atom is -0.374 e. The summed E-state index contributed by atoms with van der Waals surface area (Å²) in [5, 5.41) is 3.61. The zero-order chi connectivity index (χ0) is 13.8. The van der Waals surface area contributed by atoms with Gasteiger partial charge in [-0.3, -0.25) is 9.88 Å². The molecule has 4 nitrogen and oxygen atoms in total. The van der Waals surface area contributed by atoms with Gasteiger partial charge in [0.1, 0.15) is 0 Å². The average molecular weight is 275 g/mol. The Morgan fingerprint density at radius 2 is 2.30 bits per heavy atom. The highest BCUT2D eigenvalue weighted by atomic mass is 16.5. The van der Waals surface area contributed by atoms with Crippen LogP contribution in [0.5, 0.6) is 0 Å². The van der Waals surface area contributed by atoms with Crippen molar-refractivity contribution in [1.29, 1.82) is 0 Å². The van der Waals surface area contributed by atoms with E-state index in [1.807, 2.05) is 12.4 Å². The maximum absolute atomic E-state index is 6.16. The molecule has 2 fully saturated rings. The van der Waals surface area contributed by atoms with E-state index in [1.165, 1.54) is 24.9 Å². The highest BCUT2D eigenvalue weighted by Gasteiger charge is 2.35. The monoisotopic (exact) mass is 275 g/mol. The van der Waals surface area contributed by atoms with Gasteiger partial charge < -0.3 is 10.1 Å². The number of rotatable bonds is 5. The summed E-state index contributed by atoms with van der Waals surface area (Å²) in [6.07, 6.45) is 7.70. The summed E-state index contributed by atoms with van der Waals surface area (Å²) in [7, 11) is 0. The van der Waals surface area contributed by atoms with Crippen molar-refractivity contribution in [3.8, 4) is 0 Å². The predicted molar refractivity (Wildman–Crippen MR) is 79.7 cm³/mol. The summed E-state index contributed by atoms with van der Waals surface area (Å²) in [6.45, 7) is 6.38. The van der Waals surface area contributed by atoms with Crippen molar-refractivity contribution in [2.75, 3.05) is 26.2 Å². The molecule has 110 valence electrons. The van der Waals surface area contributed by atoms with Crippen molar-refractivity contribution in [3.63, 3.8) is 0 Å². The van der Waals surface area contributed by atoms with Crippen LogP contribution in [0.4, 0.5) is 0 Å². The van der Waals surface area contributed by atoms with Crippen LogP contribution >= 0.6 is 0 Å². The second kappa shape index (κ2) is 6.66. The molecule has 20 heavy (non-hydrogen) atoms. The van der Waals surface area contributed by atoms with E-state index in [0.717, 1.165) is 26.1 Å². The summed E-state index contributed by atoms with van der Waals surface area (Å²) in [5.41, 5.74) is 1.33. The zero-order valence-corrected chi connectivity index (χ0v) is 12.3. The largest absolute Gasteiger partial charge is 0.374 e. The number of morpholine rings is 1. The van der Waals surface area contributed by atoms with Gasteiger partial charge in [0.2, 0.25) is 0 Å². The van der Waals surface area contributed by atoms with Crippen LogP contribution in [-0.2, 0) is 11.2 Å². The summed E-state index contributed by atoms with van der Waals surface area (Å²) >= 11 is 0. The Balaban J connectivity index is 1.64. The number of hydrogen-bond donors (Lipinski definition) is 1. The molecule has 1 aromatic heterocycles. The number of hydrogen-bond acceptors (Lipinski definition) is 4. The Morgan fingerprint density at radius 3 is 3.10 bits per heavy atom. The summed E-state index contributed by atoms with van der Waals surface area (Å²) in [6, 6.07) is 5.27. The van der Waals surface area contributed by atoms with Gasteiger partial charge in [0, 0.05) is 31.0 Å². The predicted octanol–water partition coefficient (Wildman–Crippen LogP) is 1.47. The Labute approximate surface area is 121 Å². The average Bonchev–Trinajstić information content (AvgIpc) is 2.95. The van der Waals surface area contributed by atoms with Gasteiger partial charge in [-0.05, 0) is 50.0 Å². The maximum atomic E-state index is 6.16. The first kappa shape index (κ1) is 14.0. The topological polar surface area (TPSA) is 37.4 Å². The van der Waals surface area contributed by atoms with Crippen molar-refractivity contribution in [3.05, 3.63) is 30.1 Å². The van der Waals surface area contributed by atoms with Gasteiger partial charge in [-0.25, -0.2) is 0 Å². The van der Waals surface area contributed by atoms with Crippen molar-refractivity contribution < 1.29 is 4.74 Å². The third-order valence-corrected chi connectivity index (χ3v) is 4.54. The van der Waals surface area contributed by atoms with Gasteiger partial charge in [0.05, 0.1) is 12.7 Å². The standard InChI is InChI=1S/C16H25N3O/c1-2-18-15(10-13-5-7-17-8-6-13)16-11-19-9-3-4-14(19)12-20-16/h5-8,14-16,18H,2-4,9-12H2,1H3. The van der Waals surface area contributed by atoms with Gasteiger partial charge in [0.25, 0.3) is 0 Å². The van der Waals surface area contributed by atoms with Crippen molar-refractivity contribution in [1.82, 2.24) is 15.2 Å². The lowest BCUT2D eigenvalue weighted by molar-refractivity contribution is -0.0641. The van der Waals surface area contributed by atoms with Crippen LogP contribution < -0.4 is 5.32 Å². The van der Waals surface area contributed by atoms with E-state index in [2.05, 4.69) is 34.3 Å². The van der Waals surface area contributed by atoms with Crippen LogP contribution in [0.2, 0.25) is 0 Å². The Bertz CT molecular complexity index is 411. The van der Waals surface area contributed by atoms with Crippen molar-refractivity contribution in [2.45, 2.75) is 44.4 Å². The molecule has 3 atom stereocenters. The molecule has 2 aliphatic rings.